The van der Waals surface area contributed by atoms with Gasteiger partial charge in [0.05, 0.1) is 0 Å². The van der Waals surface area contributed by atoms with Crippen molar-refractivity contribution in [1.82, 2.24) is 4.90 Å². The lowest BCUT2D eigenvalue weighted by Crippen LogP contribution is -2.32. The first-order valence-electron chi connectivity index (χ1n) is 7.27. The van der Waals surface area contributed by atoms with Crippen LogP contribution in [0.5, 0.6) is 0 Å². The normalized spacial score (nSPS) is 42.4. The number of nitrogens with zero attached hydrogens (tertiary/aromatic N) is 1. The van der Waals surface area contributed by atoms with E-state index in [-0.39, 0.29) is 0 Å². The zero-order valence-electron chi connectivity index (χ0n) is 11.2. The molecule has 17 heavy (non-hydrogen) atoms. The van der Waals surface area contributed by atoms with E-state index in [1.165, 1.54) is 44.3 Å². The summed E-state index contributed by atoms with van der Waals surface area (Å²) in [6.45, 7) is 4.96. The number of hydrogen-bond donors (Lipinski definition) is 0. The van der Waals surface area contributed by atoms with E-state index >= 15 is 0 Å². The molecule has 0 radical (unpaired) electrons. The molecule has 0 aromatic carbocycles. The molecule has 1 heteroatoms. The molecule has 94 valence electrons. The molecule has 3 rings (SSSR count). The van der Waals surface area contributed by atoms with Crippen LogP contribution in [0.4, 0.5) is 0 Å². The summed E-state index contributed by atoms with van der Waals surface area (Å²) in [5.41, 5.74) is 1.48. The maximum absolute atomic E-state index is 2.56. The number of rotatable bonds is 1. The largest absolute Gasteiger partial charge is 0.306 e. The zero-order chi connectivity index (χ0) is 11.8. The Balaban J connectivity index is 1.76. The van der Waals surface area contributed by atoms with E-state index in [0.29, 0.717) is 0 Å². The Labute approximate surface area is 106 Å². The number of fused-ring (bicyclic) bond motifs is 1. The first kappa shape index (κ1) is 11.5. The fraction of sp³-hybridized carbons (Fsp3) is 0.750. The molecule has 2 fully saturated rings. The summed E-state index contributed by atoms with van der Waals surface area (Å²) in [5.74, 6) is 3.77. The van der Waals surface area contributed by atoms with Gasteiger partial charge in [0.15, 0.2) is 0 Å². The van der Waals surface area contributed by atoms with Gasteiger partial charge in [-0.15, -0.1) is 0 Å². The summed E-state index contributed by atoms with van der Waals surface area (Å²) in [5, 5.41) is 0. The Morgan fingerprint density at radius 1 is 1.18 bits per heavy atom. The first-order chi connectivity index (χ1) is 8.24. The van der Waals surface area contributed by atoms with Crippen LogP contribution in [0.2, 0.25) is 0 Å². The average molecular weight is 231 g/mol. The van der Waals surface area contributed by atoms with Crippen LogP contribution in [-0.4, -0.2) is 25.0 Å². The van der Waals surface area contributed by atoms with Crippen molar-refractivity contribution in [2.24, 2.45) is 23.7 Å². The van der Waals surface area contributed by atoms with Crippen LogP contribution in [0.3, 0.4) is 0 Å². The predicted octanol–water partition coefficient (Wildman–Crippen LogP) is 3.49. The van der Waals surface area contributed by atoms with Gasteiger partial charge in [0, 0.05) is 13.1 Å². The SMILES string of the molecule is CC1=CC([C@@H]2CCC[C@@H]3CN(C)C[C@H]32)CC=C1. The Hall–Kier alpha value is -0.560. The maximum atomic E-state index is 2.56. The molecule has 0 aromatic heterocycles. The quantitative estimate of drug-likeness (QED) is 0.668. The van der Waals surface area contributed by atoms with E-state index in [9.17, 15) is 0 Å². The Morgan fingerprint density at radius 3 is 2.88 bits per heavy atom. The van der Waals surface area contributed by atoms with Crippen LogP contribution in [0, 0.1) is 23.7 Å². The van der Waals surface area contributed by atoms with Crippen LogP contribution < -0.4 is 0 Å². The van der Waals surface area contributed by atoms with Gasteiger partial charge in [0.1, 0.15) is 0 Å². The minimum absolute atomic E-state index is 0.833. The van der Waals surface area contributed by atoms with Gasteiger partial charge in [-0.1, -0.05) is 30.2 Å². The molecule has 0 bridgehead atoms. The molecule has 1 unspecified atom stereocenters. The fourth-order valence-electron chi connectivity index (χ4n) is 4.44. The third-order valence-electron chi connectivity index (χ3n) is 5.15. The molecule has 0 aromatic rings. The van der Waals surface area contributed by atoms with Gasteiger partial charge in [-0.2, -0.15) is 0 Å². The van der Waals surface area contributed by atoms with Gasteiger partial charge in [-0.05, 0) is 56.9 Å². The lowest BCUT2D eigenvalue weighted by atomic mass is 9.67. The highest BCUT2D eigenvalue weighted by Crippen LogP contribution is 2.45. The topological polar surface area (TPSA) is 3.24 Å². The van der Waals surface area contributed by atoms with E-state index in [1.54, 1.807) is 0 Å². The van der Waals surface area contributed by atoms with Crippen molar-refractivity contribution in [3.05, 3.63) is 23.8 Å². The summed E-state index contributed by atoms with van der Waals surface area (Å²) in [4.78, 5) is 2.56. The highest BCUT2D eigenvalue weighted by atomic mass is 15.1. The molecule has 1 heterocycles. The van der Waals surface area contributed by atoms with Crippen LogP contribution in [-0.2, 0) is 0 Å². The third-order valence-corrected chi connectivity index (χ3v) is 5.15. The Kier molecular flexibility index (Phi) is 3.12. The lowest BCUT2D eigenvalue weighted by molar-refractivity contribution is 0.155. The smallest absolute Gasteiger partial charge is 0.00127 e. The summed E-state index contributed by atoms with van der Waals surface area (Å²) in [6, 6.07) is 0. The van der Waals surface area contributed by atoms with Crippen molar-refractivity contribution in [3.8, 4) is 0 Å². The van der Waals surface area contributed by atoms with Crippen molar-refractivity contribution in [2.45, 2.75) is 32.6 Å². The van der Waals surface area contributed by atoms with Crippen LogP contribution in [0.15, 0.2) is 23.8 Å². The van der Waals surface area contributed by atoms with Gasteiger partial charge in [-0.25, -0.2) is 0 Å². The summed E-state index contributed by atoms with van der Waals surface area (Å²) >= 11 is 0. The Bertz CT molecular complexity index is 341. The van der Waals surface area contributed by atoms with E-state index < -0.39 is 0 Å². The predicted molar refractivity (Wildman–Crippen MR) is 72.8 cm³/mol. The van der Waals surface area contributed by atoms with Crippen molar-refractivity contribution in [3.63, 3.8) is 0 Å². The number of hydrogen-bond acceptors (Lipinski definition) is 1. The van der Waals surface area contributed by atoms with Crippen LogP contribution in [0.1, 0.15) is 32.6 Å². The minimum Gasteiger partial charge on any atom is -0.306 e. The molecule has 4 atom stereocenters. The van der Waals surface area contributed by atoms with Crippen molar-refractivity contribution >= 4 is 0 Å². The molecule has 1 aliphatic heterocycles. The summed E-state index contributed by atoms with van der Waals surface area (Å²) in [7, 11) is 2.30. The van der Waals surface area contributed by atoms with E-state index in [2.05, 4.69) is 37.1 Å². The highest BCUT2D eigenvalue weighted by molar-refractivity contribution is 5.22. The molecule has 0 amide bonds. The second-order valence-electron chi connectivity index (χ2n) is 6.45. The second-order valence-corrected chi connectivity index (χ2v) is 6.45. The molecule has 0 N–H and O–H groups in total. The highest BCUT2D eigenvalue weighted by Gasteiger charge is 2.41. The van der Waals surface area contributed by atoms with Crippen LogP contribution >= 0.6 is 0 Å². The lowest BCUT2D eigenvalue weighted by Gasteiger charge is -2.38. The van der Waals surface area contributed by atoms with Crippen molar-refractivity contribution in [1.29, 1.82) is 0 Å². The molecule has 1 saturated heterocycles. The van der Waals surface area contributed by atoms with Gasteiger partial charge in [0.25, 0.3) is 0 Å². The van der Waals surface area contributed by atoms with Crippen LogP contribution in [0.25, 0.3) is 0 Å². The van der Waals surface area contributed by atoms with Crippen molar-refractivity contribution in [2.75, 3.05) is 20.1 Å². The van der Waals surface area contributed by atoms with Crippen molar-refractivity contribution < 1.29 is 0 Å². The Morgan fingerprint density at radius 2 is 2.06 bits per heavy atom. The van der Waals surface area contributed by atoms with E-state index in [4.69, 9.17) is 0 Å². The molecule has 1 saturated carbocycles. The first-order valence-corrected chi connectivity index (χ1v) is 7.27. The number of allylic oxidation sites excluding steroid dienone is 4. The monoisotopic (exact) mass is 231 g/mol. The van der Waals surface area contributed by atoms with E-state index in [1.807, 2.05) is 0 Å². The van der Waals surface area contributed by atoms with E-state index in [0.717, 1.165) is 23.7 Å². The van der Waals surface area contributed by atoms with Gasteiger partial charge < -0.3 is 4.90 Å². The molecular weight excluding hydrogens is 206 g/mol. The molecule has 0 spiro atoms. The average Bonchev–Trinajstić information content (AvgIpc) is 2.68. The number of likely N-dealkylation sites (tertiary alicyclic amines) is 1. The fourth-order valence-corrected chi connectivity index (χ4v) is 4.44. The molecule has 2 aliphatic carbocycles. The molecule has 3 aliphatic rings. The molecule has 1 nitrogen and oxygen atoms in total. The summed E-state index contributed by atoms with van der Waals surface area (Å²) in [6.07, 6.45) is 12.9. The van der Waals surface area contributed by atoms with Gasteiger partial charge in [-0.3, -0.25) is 0 Å². The molecular formula is C16H25N. The standard InChI is InChI=1S/C16H25N/c1-12-5-3-6-13(9-12)15-8-4-7-14-10-17(2)11-16(14)15/h3,5,9,13-16H,4,6-8,10-11H2,1-2H3/t13?,14-,15+,16-/m1/s1. The van der Waals surface area contributed by atoms with Gasteiger partial charge >= 0.3 is 0 Å². The zero-order valence-corrected chi connectivity index (χ0v) is 11.2. The summed E-state index contributed by atoms with van der Waals surface area (Å²) < 4.78 is 0. The maximum Gasteiger partial charge on any atom is 0.00127 e. The van der Waals surface area contributed by atoms with Gasteiger partial charge in [0.2, 0.25) is 0 Å². The third kappa shape index (κ3) is 2.22. The minimum atomic E-state index is 0.833. The second kappa shape index (κ2) is 4.61.